The van der Waals surface area contributed by atoms with E-state index in [2.05, 4.69) is 45.3 Å². The molecular weight excluding hydrogens is 560 g/mol. The zero-order valence-electron chi connectivity index (χ0n) is 21.6. The fourth-order valence-electron chi connectivity index (χ4n) is 5.05. The molecule has 9 heteroatoms. The first-order valence-electron chi connectivity index (χ1n) is 12.7. The van der Waals surface area contributed by atoms with Gasteiger partial charge in [-0.25, -0.2) is 0 Å². The number of likely N-dealkylation sites (tertiary alicyclic amines) is 1. The van der Waals surface area contributed by atoms with Gasteiger partial charge in [-0.15, -0.1) is 0 Å². The van der Waals surface area contributed by atoms with Crippen molar-refractivity contribution in [1.82, 2.24) is 20.1 Å². The monoisotopic (exact) mass is 588 g/mol. The molecule has 0 bridgehead atoms. The maximum absolute atomic E-state index is 13.3. The minimum Gasteiger partial charge on any atom is -0.496 e. The Labute approximate surface area is 234 Å². The molecule has 39 heavy (non-hydrogen) atoms. The summed E-state index contributed by atoms with van der Waals surface area (Å²) in [5.74, 6) is 0.254. The van der Waals surface area contributed by atoms with Crippen LogP contribution in [0, 0.1) is 0 Å². The molecule has 5 rings (SSSR count). The summed E-state index contributed by atoms with van der Waals surface area (Å²) in [4.78, 5) is 39.4. The van der Waals surface area contributed by atoms with Crippen LogP contribution in [0.15, 0.2) is 77.9 Å². The molecule has 1 aliphatic rings. The Bertz CT molecular complexity index is 1590. The van der Waals surface area contributed by atoms with Gasteiger partial charge in [0.25, 0.3) is 5.91 Å². The van der Waals surface area contributed by atoms with E-state index in [0.29, 0.717) is 31.6 Å². The van der Waals surface area contributed by atoms with Crippen molar-refractivity contribution in [3.63, 3.8) is 0 Å². The summed E-state index contributed by atoms with van der Waals surface area (Å²) in [5, 5.41) is 8.97. The number of nitrogens with one attached hydrogen (secondary N) is 2. The maximum atomic E-state index is 13.3. The largest absolute Gasteiger partial charge is 0.496 e. The van der Waals surface area contributed by atoms with Crippen LogP contribution in [0.2, 0.25) is 0 Å². The number of rotatable bonds is 9. The van der Waals surface area contributed by atoms with E-state index in [0.717, 1.165) is 37.5 Å². The topological polar surface area (TPSA) is 92.7 Å². The summed E-state index contributed by atoms with van der Waals surface area (Å²) < 4.78 is 8.21. The van der Waals surface area contributed by atoms with Crippen LogP contribution < -0.4 is 15.4 Å². The van der Waals surface area contributed by atoms with Crippen LogP contribution in [0.25, 0.3) is 21.7 Å². The maximum Gasteiger partial charge on any atom is 0.253 e. The number of ether oxygens (including phenoxy) is 1. The smallest absolute Gasteiger partial charge is 0.253 e. The van der Waals surface area contributed by atoms with Gasteiger partial charge in [-0.05, 0) is 47.5 Å². The number of halogens is 1. The van der Waals surface area contributed by atoms with Crippen LogP contribution in [0.4, 0.5) is 0 Å². The Hall–Kier alpha value is -4.11. The summed E-state index contributed by atoms with van der Waals surface area (Å²) >= 11 is 3.50. The molecule has 4 aromatic rings. The second-order valence-electron chi connectivity index (χ2n) is 9.52. The third kappa shape index (κ3) is 5.54. The molecule has 0 atom stereocenters. The fourth-order valence-corrected chi connectivity index (χ4v) is 5.41. The van der Waals surface area contributed by atoms with E-state index in [-0.39, 0.29) is 30.3 Å². The summed E-state index contributed by atoms with van der Waals surface area (Å²) in [5.41, 5.74) is 2.32. The zero-order valence-corrected chi connectivity index (χ0v) is 23.2. The number of nitrogens with zero attached hydrogens (tertiary/aromatic N) is 2. The number of carbonyl (C=O) groups is 3. The molecule has 1 aliphatic heterocycles. The minimum absolute atomic E-state index is 0.0600. The standard InChI is InChI=1S/C30H29BrN4O4/c1-3-29(37)35-15-21(16-35)33-28(36)18-34-17-25(24-14-20(31)9-10-26(24)34)30(38)32-13-12-23-22-7-5-4-6-19(22)8-11-27(23)39-2/h3-11,14,17,21H,1,12-13,15-16,18H2,2H3,(H,32,38)(H,33,36). The van der Waals surface area contributed by atoms with E-state index in [1.54, 1.807) is 22.8 Å². The molecule has 1 saturated heterocycles. The fraction of sp³-hybridized carbons (Fsp3) is 0.233. The van der Waals surface area contributed by atoms with Crippen molar-refractivity contribution in [1.29, 1.82) is 0 Å². The highest BCUT2D eigenvalue weighted by molar-refractivity contribution is 9.10. The quantitative estimate of drug-likeness (QED) is 0.288. The van der Waals surface area contributed by atoms with E-state index in [1.807, 2.05) is 42.5 Å². The van der Waals surface area contributed by atoms with Crippen molar-refractivity contribution >= 4 is 55.3 Å². The van der Waals surface area contributed by atoms with Gasteiger partial charge in [0.05, 0.1) is 18.7 Å². The van der Waals surface area contributed by atoms with Crippen molar-refractivity contribution in [3.8, 4) is 5.75 Å². The van der Waals surface area contributed by atoms with E-state index < -0.39 is 0 Å². The summed E-state index contributed by atoms with van der Waals surface area (Å²) in [6.45, 7) is 4.90. The molecule has 3 amide bonds. The van der Waals surface area contributed by atoms with E-state index in [9.17, 15) is 14.4 Å². The molecule has 1 fully saturated rings. The van der Waals surface area contributed by atoms with Crippen LogP contribution in [-0.4, -0.2) is 60.0 Å². The second-order valence-corrected chi connectivity index (χ2v) is 10.4. The second kappa shape index (κ2) is 11.3. The molecule has 0 unspecified atom stereocenters. The van der Waals surface area contributed by atoms with E-state index >= 15 is 0 Å². The molecule has 0 radical (unpaired) electrons. The SMILES string of the molecule is C=CC(=O)N1CC(NC(=O)Cn2cc(C(=O)NCCc3c(OC)ccc4ccccc34)c3cc(Br)ccc32)C1. The Balaban J connectivity index is 1.28. The number of carbonyl (C=O) groups excluding carboxylic acids is 3. The van der Waals surface area contributed by atoms with Crippen molar-refractivity contribution in [3.05, 3.63) is 89.0 Å². The first-order valence-corrected chi connectivity index (χ1v) is 13.5. The lowest BCUT2D eigenvalue weighted by Crippen LogP contribution is -2.61. The first-order chi connectivity index (χ1) is 18.9. The summed E-state index contributed by atoms with van der Waals surface area (Å²) in [6.07, 6.45) is 3.60. The molecule has 2 heterocycles. The zero-order chi connectivity index (χ0) is 27.5. The highest BCUT2D eigenvalue weighted by atomic mass is 79.9. The highest BCUT2D eigenvalue weighted by Crippen LogP contribution is 2.29. The lowest BCUT2D eigenvalue weighted by Gasteiger charge is -2.38. The van der Waals surface area contributed by atoms with Crippen molar-refractivity contribution in [2.45, 2.75) is 19.0 Å². The highest BCUT2D eigenvalue weighted by Gasteiger charge is 2.30. The normalized spacial score (nSPS) is 13.2. The third-order valence-electron chi connectivity index (χ3n) is 7.01. The van der Waals surface area contributed by atoms with Crippen LogP contribution in [0.3, 0.4) is 0 Å². The number of methoxy groups -OCH3 is 1. The molecule has 8 nitrogen and oxygen atoms in total. The third-order valence-corrected chi connectivity index (χ3v) is 7.51. The van der Waals surface area contributed by atoms with Gasteiger partial charge < -0.3 is 24.8 Å². The van der Waals surface area contributed by atoms with Crippen LogP contribution in [0.5, 0.6) is 5.75 Å². The van der Waals surface area contributed by atoms with Gasteiger partial charge in [0.15, 0.2) is 0 Å². The molecular formula is C30H29BrN4O4. The summed E-state index contributed by atoms with van der Waals surface area (Å²) in [6, 6.07) is 17.7. The first kappa shape index (κ1) is 26.5. The molecule has 3 aromatic carbocycles. The number of benzene rings is 3. The Morgan fingerprint density at radius 1 is 1.10 bits per heavy atom. The molecule has 0 saturated carbocycles. The number of amides is 3. The average Bonchev–Trinajstić information content (AvgIpc) is 3.27. The van der Waals surface area contributed by atoms with Crippen molar-refractivity contribution < 1.29 is 19.1 Å². The predicted octanol–water partition coefficient (Wildman–Crippen LogP) is 4.05. The number of aromatic nitrogens is 1. The van der Waals surface area contributed by atoms with Crippen LogP contribution >= 0.6 is 15.9 Å². The minimum atomic E-state index is -0.214. The number of hydrogen-bond acceptors (Lipinski definition) is 4. The average molecular weight is 589 g/mol. The van der Waals surface area contributed by atoms with Crippen molar-refractivity contribution in [2.24, 2.45) is 0 Å². The van der Waals surface area contributed by atoms with E-state index in [1.165, 1.54) is 6.08 Å². The van der Waals surface area contributed by atoms with Crippen LogP contribution in [-0.2, 0) is 22.6 Å². The number of hydrogen-bond donors (Lipinski definition) is 2. The predicted molar refractivity (Wildman–Crippen MR) is 155 cm³/mol. The lowest BCUT2D eigenvalue weighted by atomic mass is 10.0. The van der Waals surface area contributed by atoms with Crippen LogP contribution in [0.1, 0.15) is 15.9 Å². The van der Waals surface area contributed by atoms with E-state index in [4.69, 9.17) is 4.74 Å². The van der Waals surface area contributed by atoms with Crippen molar-refractivity contribution in [2.75, 3.05) is 26.7 Å². The van der Waals surface area contributed by atoms with Gasteiger partial charge in [0.1, 0.15) is 12.3 Å². The Kier molecular flexibility index (Phi) is 7.70. The van der Waals surface area contributed by atoms with Gasteiger partial charge in [-0.3, -0.25) is 14.4 Å². The van der Waals surface area contributed by atoms with Gasteiger partial charge in [0.2, 0.25) is 11.8 Å². The number of fused-ring (bicyclic) bond motifs is 2. The Morgan fingerprint density at radius 3 is 2.67 bits per heavy atom. The Morgan fingerprint density at radius 2 is 1.90 bits per heavy atom. The molecule has 2 N–H and O–H groups in total. The molecule has 0 aliphatic carbocycles. The van der Waals surface area contributed by atoms with Gasteiger partial charge in [-0.1, -0.05) is 52.8 Å². The lowest BCUT2D eigenvalue weighted by molar-refractivity contribution is -0.133. The molecule has 200 valence electrons. The molecule has 1 aromatic heterocycles. The summed E-state index contributed by atoms with van der Waals surface area (Å²) in [7, 11) is 1.65. The molecule has 0 spiro atoms. The van der Waals surface area contributed by atoms with Gasteiger partial charge >= 0.3 is 0 Å². The van der Waals surface area contributed by atoms with Gasteiger partial charge in [-0.2, -0.15) is 0 Å². The van der Waals surface area contributed by atoms with Gasteiger partial charge in [0, 0.05) is 46.8 Å².